The molecule has 1 amide bonds. The molecule has 0 atom stereocenters. The van der Waals surface area contributed by atoms with Crippen molar-refractivity contribution >= 4 is 28.6 Å². The average molecular weight is 308 g/mol. The van der Waals surface area contributed by atoms with Crippen molar-refractivity contribution in [1.82, 2.24) is 4.98 Å². The average Bonchev–Trinajstić information content (AvgIpc) is 2.96. The summed E-state index contributed by atoms with van der Waals surface area (Å²) in [6.07, 6.45) is 0. The van der Waals surface area contributed by atoms with Gasteiger partial charge in [-0.05, 0) is 6.07 Å². The molecule has 0 saturated heterocycles. The predicted octanol–water partition coefficient (Wildman–Crippen LogP) is 1.77. The van der Waals surface area contributed by atoms with Crippen LogP contribution in [-0.2, 0) is 6.54 Å². The second kappa shape index (κ2) is 6.29. The van der Waals surface area contributed by atoms with Gasteiger partial charge in [-0.1, -0.05) is 0 Å². The maximum Gasteiger partial charge on any atom is 0.275 e. The van der Waals surface area contributed by atoms with Crippen LogP contribution in [0.3, 0.4) is 0 Å². The van der Waals surface area contributed by atoms with E-state index in [0.29, 0.717) is 10.8 Å². The molecular weight excluding hydrogens is 296 g/mol. The lowest BCUT2D eigenvalue weighted by Gasteiger charge is -2.08. The molecule has 0 unspecified atom stereocenters. The molecule has 0 aliphatic heterocycles. The molecule has 3 N–H and O–H groups in total. The van der Waals surface area contributed by atoms with Crippen molar-refractivity contribution in [2.45, 2.75) is 6.54 Å². The third-order valence-corrected chi connectivity index (χ3v) is 3.47. The topological polar surface area (TPSA) is 120 Å². The first-order chi connectivity index (χ1) is 10.0. The van der Waals surface area contributed by atoms with Crippen molar-refractivity contribution in [3.8, 4) is 5.75 Å². The summed E-state index contributed by atoms with van der Waals surface area (Å²) in [5, 5.41) is 15.5. The second-order valence-electron chi connectivity index (χ2n) is 3.93. The summed E-state index contributed by atoms with van der Waals surface area (Å²) in [7, 11) is 1.41. The van der Waals surface area contributed by atoms with Gasteiger partial charge in [0.25, 0.3) is 11.6 Å². The van der Waals surface area contributed by atoms with Crippen LogP contribution < -0.4 is 15.8 Å². The van der Waals surface area contributed by atoms with E-state index >= 15 is 0 Å². The number of nitrogens with two attached hydrogens (primary N) is 1. The van der Waals surface area contributed by atoms with Crippen LogP contribution in [0.1, 0.15) is 15.5 Å². The highest BCUT2D eigenvalue weighted by molar-refractivity contribution is 7.09. The number of amides is 1. The summed E-state index contributed by atoms with van der Waals surface area (Å²) in [6, 6.07) is 3.94. The van der Waals surface area contributed by atoms with Gasteiger partial charge >= 0.3 is 0 Å². The van der Waals surface area contributed by atoms with Gasteiger partial charge in [-0.3, -0.25) is 14.9 Å². The predicted molar refractivity (Wildman–Crippen MR) is 77.6 cm³/mol. The van der Waals surface area contributed by atoms with Crippen LogP contribution >= 0.6 is 11.3 Å². The van der Waals surface area contributed by atoms with E-state index in [-0.39, 0.29) is 23.6 Å². The Morgan fingerprint density at radius 3 is 2.90 bits per heavy atom. The smallest absolute Gasteiger partial charge is 0.275 e. The first kappa shape index (κ1) is 14.9. The molecule has 2 rings (SSSR count). The Morgan fingerprint density at radius 1 is 1.57 bits per heavy atom. The van der Waals surface area contributed by atoms with Gasteiger partial charge in [-0.25, -0.2) is 4.98 Å². The van der Waals surface area contributed by atoms with E-state index in [0.717, 1.165) is 0 Å². The van der Waals surface area contributed by atoms with E-state index in [9.17, 15) is 14.9 Å². The van der Waals surface area contributed by atoms with Gasteiger partial charge in [0.05, 0.1) is 17.7 Å². The summed E-state index contributed by atoms with van der Waals surface area (Å²) in [5.74, 6) is -0.159. The van der Waals surface area contributed by atoms with Crippen molar-refractivity contribution in [3.05, 3.63) is 44.4 Å². The number of hydrogen-bond acceptors (Lipinski definition) is 7. The van der Waals surface area contributed by atoms with Gasteiger partial charge in [-0.2, -0.15) is 0 Å². The van der Waals surface area contributed by atoms with E-state index in [1.807, 2.05) is 0 Å². The summed E-state index contributed by atoms with van der Waals surface area (Å²) >= 11 is 1.27. The number of nitro benzene ring substituents is 1. The van der Waals surface area contributed by atoms with Crippen LogP contribution in [0.4, 0.5) is 11.4 Å². The Balaban J connectivity index is 2.26. The maximum absolute atomic E-state index is 12.1. The first-order valence-electron chi connectivity index (χ1n) is 5.83. The number of nitro groups is 1. The normalized spacial score (nSPS) is 10.2. The number of hydrogen-bond donors (Lipinski definition) is 2. The molecule has 1 heterocycles. The van der Waals surface area contributed by atoms with Crippen LogP contribution in [0, 0.1) is 10.1 Å². The van der Waals surface area contributed by atoms with Crippen LogP contribution in [0.15, 0.2) is 23.6 Å². The third kappa shape index (κ3) is 3.33. The molecule has 0 aliphatic carbocycles. The molecule has 0 radical (unpaired) electrons. The Labute approximate surface area is 123 Å². The van der Waals surface area contributed by atoms with Gasteiger partial charge < -0.3 is 15.8 Å². The zero-order valence-corrected chi connectivity index (χ0v) is 11.8. The van der Waals surface area contributed by atoms with Crippen molar-refractivity contribution in [1.29, 1.82) is 0 Å². The first-order valence-corrected chi connectivity index (χ1v) is 6.71. The number of anilines is 1. The van der Waals surface area contributed by atoms with Crippen molar-refractivity contribution in [2.75, 3.05) is 12.4 Å². The number of non-ortho nitro benzene ring substituents is 1. The second-order valence-corrected chi connectivity index (χ2v) is 4.87. The molecule has 0 spiro atoms. The number of rotatable bonds is 5. The lowest BCUT2D eigenvalue weighted by molar-refractivity contribution is -0.384. The number of thiazole rings is 1. The van der Waals surface area contributed by atoms with E-state index in [4.69, 9.17) is 10.5 Å². The highest BCUT2D eigenvalue weighted by Crippen LogP contribution is 2.29. The van der Waals surface area contributed by atoms with Gasteiger partial charge in [0.1, 0.15) is 16.5 Å². The third-order valence-electron chi connectivity index (χ3n) is 2.60. The number of carbonyl (C=O) groups excluding carboxylic acids is 1. The number of methoxy groups -OCH3 is 1. The SMILES string of the molecule is COc1ccc([N+](=O)[O-])cc1NC(=O)c1csc(CN)n1. The standard InChI is InChI=1S/C12H12N4O4S/c1-20-10-3-2-7(16(18)19)4-8(10)15-12(17)9-6-21-11(5-13)14-9/h2-4,6H,5,13H2,1H3,(H,15,17). The lowest BCUT2D eigenvalue weighted by Crippen LogP contribution is -2.13. The Bertz CT molecular complexity index is 686. The zero-order valence-electron chi connectivity index (χ0n) is 11.0. The largest absolute Gasteiger partial charge is 0.495 e. The fourth-order valence-corrected chi connectivity index (χ4v) is 2.26. The Hall–Kier alpha value is -2.52. The molecule has 0 aliphatic rings. The van der Waals surface area contributed by atoms with E-state index in [1.165, 1.54) is 36.6 Å². The molecule has 0 bridgehead atoms. The van der Waals surface area contributed by atoms with Gasteiger partial charge in [0.2, 0.25) is 0 Å². The summed E-state index contributed by atoms with van der Waals surface area (Å²) < 4.78 is 5.07. The molecule has 9 heteroatoms. The fraction of sp³-hybridized carbons (Fsp3) is 0.167. The van der Waals surface area contributed by atoms with E-state index in [1.54, 1.807) is 5.38 Å². The number of carbonyl (C=O) groups is 1. The maximum atomic E-state index is 12.1. The van der Waals surface area contributed by atoms with Crippen LogP contribution in [0.25, 0.3) is 0 Å². The van der Waals surface area contributed by atoms with Crippen molar-refractivity contribution in [2.24, 2.45) is 5.73 Å². The minimum absolute atomic E-state index is 0.146. The number of nitrogens with zero attached hydrogens (tertiary/aromatic N) is 2. The number of benzene rings is 1. The lowest BCUT2D eigenvalue weighted by atomic mass is 10.2. The van der Waals surface area contributed by atoms with Crippen LogP contribution in [0.2, 0.25) is 0 Å². The molecule has 1 aromatic carbocycles. The molecule has 2 aromatic rings. The Morgan fingerprint density at radius 2 is 2.33 bits per heavy atom. The monoisotopic (exact) mass is 308 g/mol. The Kier molecular flexibility index (Phi) is 4.45. The molecule has 0 fully saturated rings. The molecule has 110 valence electrons. The highest BCUT2D eigenvalue weighted by atomic mass is 32.1. The minimum Gasteiger partial charge on any atom is -0.495 e. The quantitative estimate of drug-likeness (QED) is 0.641. The summed E-state index contributed by atoms with van der Waals surface area (Å²) in [4.78, 5) is 26.3. The summed E-state index contributed by atoms with van der Waals surface area (Å²) in [6.45, 7) is 0.248. The molecule has 21 heavy (non-hydrogen) atoms. The molecule has 0 saturated carbocycles. The van der Waals surface area contributed by atoms with Crippen LogP contribution in [0.5, 0.6) is 5.75 Å². The molecular formula is C12H12N4O4S. The number of aromatic nitrogens is 1. The van der Waals surface area contributed by atoms with Gasteiger partial charge in [0.15, 0.2) is 0 Å². The van der Waals surface area contributed by atoms with Gasteiger partial charge in [-0.15, -0.1) is 11.3 Å². The van der Waals surface area contributed by atoms with E-state index in [2.05, 4.69) is 10.3 Å². The number of nitrogens with one attached hydrogen (secondary N) is 1. The van der Waals surface area contributed by atoms with Crippen LogP contribution in [-0.4, -0.2) is 22.9 Å². The zero-order chi connectivity index (χ0) is 15.4. The fourth-order valence-electron chi connectivity index (χ4n) is 1.60. The number of ether oxygens (including phenoxy) is 1. The minimum atomic E-state index is -0.551. The summed E-state index contributed by atoms with van der Waals surface area (Å²) in [5.41, 5.74) is 5.70. The van der Waals surface area contributed by atoms with Gasteiger partial charge in [0, 0.05) is 24.1 Å². The van der Waals surface area contributed by atoms with Crippen molar-refractivity contribution in [3.63, 3.8) is 0 Å². The molecule has 8 nitrogen and oxygen atoms in total. The molecule has 1 aromatic heterocycles. The highest BCUT2D eigenvalue weighted by Gasteiger charge is 2.16. The van der Waals surface area contributed by atoms with E-state index < -0.39 is 10.8 Å². The van der Waals surface area contributed by atoms with Crippen molar-refractivity contribution < 1.29 is 14.5 Å².